The van der Waals surface area contributed by atoms with Gasteiger partial charge >= 0.3 is 0 Å². The number of aliphatic hydroxyl groups excluding tert-OH is 1. The Kier molecular flexibility index (Phi) is 4.75. The average molecular weight is 357 g/mol. The van der Waals surface area contributed by atoms with Crippen LogP contribution in [0.3, 0.4) is 0 Å². The number of aromatic nitrogens is 1. The quantitative estimate of drug-likeness (QED) is 0.663. The summed E-state index contributed by atoms with van der Waals surface area (Å²) in [5.41, 5.74) is 12.9. The van der Waals surface area contributed by atoms with Crippen molar-refractivity contribution in [2.45, 2.75) is 25.6 Å². The molecular formula is C23H23N3O. The SMILES string of the molecule is CC(O)C1NC=Cc2nc(-c3ccc(CN)cc3)c(-c3ccccc3)cc21. The van der Waals surface area contributed by atoms with E-state index in [4.69, 9.17) is 10.7 Å². The average Bonchev–Trinajstić information content (AvgIpc) is 2.73. The fourth-order valence-corrected chi connectivity index (χ4v) is 3.50. The van der Waals surface area contributed by atoms with Gasteiger partial charge in [0.25, 0.3) is 0 Å². The number of pyridine rings is 1. The minimum Gasteiger partial charge on any atom is -0.391 e. The van der Waals surface area contributed by atoms with E-state index in [1.54, 1.807) is 6.92 Å². The number of nitrogens with one attached hydrogen (secondary N) is 1. The molecule has 0 radical (unpaired) electrons. The molecule has 3 aromatic rings. The van der Waals surface area contributed by atoms with Gasteiger partial charge in [0.15, 0.2) is 0 Å². The molecule has 4 heteroatoms. The minimum absolute atomic E-state index is 0.173. The van der Waals surface area contributed by atoms with Crippen molar-refractivity contribution in [1.82, 2.24) is 10.3 Å². The molecule has 2 atom stereocenters. The summed E-state index contributed by atoms with van der Waals surface area (Å²) in [7, 11) is 0. The van der Waals surface area contributed by atoms with E-state index in [2.05, 4.69) is 35.6 Å². The van der Waals surface area contributed by atoms with Gasteiger partial charge in [0.1, 0.15) is 0 Å². The van der Waals surface area contributed by atoms with E-state index in [0.29, 0.717) is 6.54 Å². The number of nitrogens with two attached hydrogens (primary N) is 1. The van der Waals surface area contributed by atoms with Crippen LogP contribution in [0.25, 0.3) is 28.5 Å². The molecule has 4 N–H and O–H groups in total. The zero-order chi connectivity index (χ0) is 18.8. The molecule has 4 rings (SSSR count). The minimum atomic E-state index is -0.520. The molecule has 1 aromatic heterocycles. The summed E-state index contributed by atoms with van der Waals surface area (Å²) in [6, 6.07) is 20.4. The molecule has 1 aliphatic heterocycles. The summed E-state index contributed by atoms with van der Waals surface area (Å²) < 4.78 is 0. The first-order chi connectivity index (χ1) is 13.2. The maximum absolute atomic E-state index is 10.2. The van der Waals surface area contributed by atoms with Crippen molar-refractivity contribution >= 4 is 6.08 Å². The lowest BCUT2D eigenvalue weighted by molar-refractivity contribution is 0.152. The molecule has 0 aliphatic carbocycles. The molecular weight excluding hydrogens is 334 g/mol. The fraction of sp³-hybridized carbons (Fsp3) is 0.174. The highest BCUT2D eigenvalue weighted by Crippen LogP contribution is 2.36. The van der Waals surface area contributed by atoms with Gasteiger partial charge in [-0.15, -0.1) is 0 Å². The molecule has 4 nitrogen and oxygen atoms in total. The van der Waals surface area contributed by atoms with Gasteiger partial charge in [0, 0.05) is 23.2 Å². The van der Waals surface area contributed by atoms with Crippen LogP contribution in [0.15, 0.2) is 66.9 Å². The van der Waals surface area contributed by atoms with E-state index in [0.717, 1.165) is 39.2 Å². The molecule has 2 unspecified atom stereocenters. The lowest BCUT2D eigenvalue weighted by atomic mass is 9.91. The highest BCUT2D eigenvalue weighted by molar-refractivity contribution is 5.83. The molecule has 0 fully saturated rings. The third-order valence-corrected chi connectivity index (χ3v) is 4.97. The van der Waals surface area contributed by atoms with Gasteiger partial charge in [0.2, 0.25) is 0 Å². The first kappa shape index (κ1) is 17.5. The molecule has 2 aromatic carbocycles. The van der Waals surface area contributed by atoms with Crippen LogP contribution in [0, 0.1) is 0 Å². The van der Waals surface area contributed by atoms with Crippen LogP contribution in [0.2, 0.25) is 0 Å². The largest absolute Gasteiger partial charge is 0.391 e. The zero-order valence-electron chi connectivity index (χ0n) is 15.3. The predicted octanol–water partition coefficient (Wildman–Crippen LogP) is 3.87. The van der Waals surface area contributed by atoms with E-state index in [1.807, 2.05) is 42.6 Å². The normalized spacial score (nSPS) is 16.5. The second kappa shape index (κ2) is 7.35. The van der Waals surface area contributed by atoms with E-state index in [-0.39, 0.29) is 6.04 Å². The van der Waals surface area contributed by atoms with Crippen molar-refractivity contribution in [2.75, 3.05) is 0 Å². The van der Waals surface area contributed by atoms with Crippen LogP contribution in [-0.4, -0.2) is 16.2 Å². The van der Waals surface area contributed by atoms with Gasteiger partial charge in [-0.1, -0.05) is 54.6 Å². The van der Waals surface area contributed by atoms with Gasteiger partial charge in [0.05, 0.1) is 23.5 Å². The summed E-state index contributed by atoms with van der Waals surface area (Å²) in [6.45, 7) is 2.32. The van der Waals surface area contributed by atoms with Crippen LogP contribution in [0.4, 0.5) is 0 Å². The Bertz CT molecular complexity index is 963. The van der Waals surface area contributed by atoms with Gasteiger partial charge in [-0.2, -0.15) is 0 Å². The van der Waals surface area contributed by atoms with Crippen molar-refractivity contribution in [3.63, 3.8) is 0 Å². The van der Waals surface area contributed by atoms with Crippen LogP contribution in [0.1, 0.15) is 29.8 Å². The maximum atomic E-state index is 10.2. The molecule has 0 bridgehead atoms. The highest BCUT2D eigenvalue weighted by atomic mass is 16.3. The molecule has 0 saturated heterocycles. The lowest BCUT2D eigenvalue weighted by Gasteiger charge is -2.27. The fourth-order valence-electron chi connectivity index (χ4n) is 3.50. The first-order valence-corrected chi connectivity index (χ1v) is 9.18. The number of hydrogen-bond acceptors (Lipinski definition) is 4. The van der Waals surface area contributed by atoms with Crippen molar-refractivity contribution in [3.8, 4) is 22.4 Å². The Hall–Kier alpha value is -2.95. The van der Waals surface area contributed by atoms with Crippen molar-refractivity contribution in [2.24, 2.45) is 5.73 Å². The molecule has 0 spiro atoms. The Labute approximate surface area is 159 Å². The Morgan fingerprint density at radius 3 is 2.48 bits per heavy atom. The van der Waals surface area contributed by atoms with E-state index in [1.165, 1.54) is 0 Å². The summed E-state index contributed by atoms with van der Waals surface area (Å²) in [4.78, 5) is 4.98. The zero-order valence-corrected chi connectivity index (χ0v) is 15.3. The van der Waals surface area contributed by atoms with Gasteiger partial charge in [-0.25, -0.2) is 4.98 Å². The highest BCUT2D eigenvalue weighted by Gasteiger charge is 2.24. The monoisotopic (exact) mass is 357 g/mol. The first-order valence-electron chi connectivity index (χ1n) is 9.18. The number of hydrogen-bond donors (Lipinski definition) is 3. The van der Waals surface area contributed by atoms with E-state index >= 15 is 0 Å². The summed E-state index contributed by atoms with van der Waals surface area (Å²) >= 11 is 0. The van der Waals surface area contributed by atoms with Gasteiger partial charge in [-0.3, -0.25) is 0 Å². The van der Waals surface area contributed by atoms with Crippen LogP contribution in [-0.2, 0) is 6.54 Å². The summed E-state index contributed by atoms with van der Waals surface area (Å²) in [6.07, 6.45) is 3.30. The van der Waals surface area contributed by atoms with Crippen LogP contribution < -0.4 is 11.1 Å². The van der Waals surface area contributed by atoms with Crippen LogP contribution in [0.5, 0.6) is 0 Å². The lowest BCUT2D eigenvalue weighted by Crippen LogP contribution is -2.29. The molecule has 136 valence electrons. The molecule has 0 saturated carbocycles. The smallest absolute Gasteiger partial charge is 0.0787 e. The number of benzene rings is 2. The molecule has 1 aliphatic rings. The Morgan fingerprint density at radius 2 is 1.81 bits per heavy atom. The number of fused-ring (bicyclic) bond motifs is 1. The van der Waals surface area contributed by atoms with Crippen LogP contribution >= 0.6 is 0 Å². The summed E-state index contributed by atoms with van der Waals surface area (Å²) in [5, 5.41) is 13.4. The summed E-state index contributed by atoms with van der Waals surface area (Å²) in [5.74, 6) is 0. The number of nitrogens with zero attached hydrogens (tertiary/aromatic N) is 1. The molecule has 27 heavy (non-hydrogen) atoms. The Balaban J connectivity index is 1.93. The maximum Gasteiger partial charge on any atom is 0.0787 e. The van der Waals surface area contributed by atoms with E-state index in [9.17, 15) is 5.11 Å². The van der Waals surface area contributed by atoms with Crippen molar-refractivity contribution in [3.05, 3.63) is 83.7 Å². The standard InChI is InChI=1S/C23H23N3O/c1-15(27)22-20-13-19(17-5-3-2-4-6-17)23(26-21(20)11-12-25-22)18-9-7-16(14-24)8-10-18/h2-13,15,22,25,27H,14,24H2,1H3. The predicted molar refractivity (Wildman–Crippen MR) is 110 cm³/mol. The third kappa shape index (κ3) is 3.37. The van der Waals surface area contributed by atoms with Gasteiger partial charge < -0.3 is 16.2 Å². The Morgan fingerprint density at radius 1 is 1.07 bits per heavy atom. The van der Waals surface area contributed by atoms with Gasteiger partial charge in [-0.05, 0) is 36.4 Å². The second-order valence-corrected chi connectivity index (χ2v) is 6.84. The molecule has 2 heterocycles. The second-order valence-electron chi connectivity index (χ2n) is 6.84. The topological polar surface area (TPSA) is 71.2 Å². The third-order valence-electron chi connectivity index (χ3n) is 4.97. The van der Waals surface area contributed by atoms with Crippen molar-refractivity contribution < 1.29 is 5.11 Å². The number of rotatable bonds is 4. The number of aliphatic hydroxyl groups is 1. The van der Waals surface area contributed by atoms with E-state index < -0.39 is 6.10 Å². The van der Waals surface area contributed by atoms with Crippen molar-refractivity contribution in [1.29, 1.82) is 0 Å². The molecule has 0 amide bonds.